The van der Waals surface area contributed by atoms with Gasteiger partial charge in [0.05, 0.1) is 0 Å². The maximum Gasteiger partial charge on any atom is 0.185 e. The average Bonchev–Trinajstić information content (AvgIpc) is 2.67. The van der Waals surface area contributed by atoms with E-state index in [4.69, 9.17) is 11.6 Å². The van der Waals surface area contributed by atoms with Crippen LogP contribution < -0.4 is 0 Å². The summed E-state index contributed by atoms with van der Waals surface area (Å²) >= 11 is 5.71. The van der Waals surface area contributed by atoms with Gasteiger partial charge in [-0.1, -0.05) is 41.9 Å². The zero-order chi connectivity index (χ0) is 9.97. The lowest BCUT2D eigenvalue weighted by Gasteiger charge is -2.25. The van der Waals surface area contributed by atoms with Crippen LogP contribution in [0, 0.1) is 0 Å². The van der Waals surface area contributed by atoms with Crippen LogP contribution in [0.1, 0.15) is 24.4 Å². The lowest BCUT2D eigenvalue weighted by molar-refractivity contribution is 0.0588. The molecule has 0 amide bonds. The Kier molecular flexibility index (Phi) is 3.06. The lowest BCUT2D eigenvalue weighted by atomic mass is 10.1. The predicted octanol–water partition coefficient (Wildman–Crippen LogP) is 2.34. The van der Waals surface area contributed by atoms with Gasteiger partial charge >= 0.3 is 0 Å². The molecule has 1 heterocycles. The quantitative estimate of drug-likeness (QED) is 0.600. The molecule has 1 aliphatic rings. The molecule has 1 aromatic rings. The van der Waals surface area contributed by atoms with E-state index < -0.39 is 5.69 Å². The van der Waals surface area contributed by atoms with Crippen molar-refractivity contribution in [1.82, 2.24) is 4.90 Å². The minimum atomic E-state index is -0.859. The largest absolute Gasteiger partial charge is 0.365 e. The molecule has 0 bridgehead atoms. The number of halogens is 1. The summed E-state index contributed by atoms with van der Waals surface area (Å²) in [5.41, 5.74) is 0.382. The number of rotatable bonds is 2. The Morgan fingerprint density at radius 1 is 1.36 bits per heavy atom. The Morgan fingerprint density at radius 3 is 2.71 bits per heavy atom. The second-order valence-electron chi connectivity index (χ2n) is 3.62. The van der Waals surface area contributed by atoms with Crippen LogP contribution in [0.15, 0.2) is 30.3 Å². The van der Waals surface area contributed by atoms with Crippen LogP contribution in [0.3, 0.4) is 0 Å². The van der Waals surface area contributed by atoms with Crippen LogP contribution in [-0.2, 0) is 0 Å². The first-order valence-corrected chi connectivity index (χ1v) is 5.35. The second-order valence-corrected chi connectivity index (χ2v) is 4.01. The molecule has 3 heteroatoms. The summed E-state index contributed by atoms with van der Waals surface area (Å²) in [4.78, 5) is 1.93. The minimum absolute atomic E-state index is 0.281. The number of benzene rings is 1. The molecule has 2 atom stereocenters. The van der Waals surface area contributed by atoms with Gasteiger partial charge in [-0.15, -0.1) is 0 Å². The molecule has 0 aromatic heterocycles. The SMILES string of the molecule is OC(Cl)N1CCCC1c1ccccc1. The first-order valence-electron chi connectivity index (χ1n) is 4.92. The first kappa shape index (κ1) is 9.97. The lowest BCUT2D eigenvalue weighted by Crippen LogP contribution is -2.30. The highest BCUT2D eigenvalue weighted by Crippen LogP contribution is 2.33. The second kappa shape index (κ2) is 4.30. The molecule has 0 radical (unpaired) electrons. The molecule has 2 unspecified atom stereocenters. The molecule has 0 saturated carbocycles. The number of alkyl halides is 1. The number of aliphatic hydroxyl groups is 1. The number of hydrogen-bond acceptors (Lipinski definition) is 2. The van der Waals surface area contributed by atoms with E-state index in [2.05, 4.69) is 12.1 Å². The van der Waals surface area contributed by atoms with Gasteiger partial charge in [-0.25, -0.2) is 0 Å². The fraction of sp³-hybridized carbons (Fsp3) is 0.455. The maximum atomic E-state index is 9.38. The molecular weight excluding hydrogens is 198 g/mol. The van der Waals surface area contributed by atoms with E-state index in [1.54, 1.807) is 0 Å². The van der Waals surface area contributed by atoms with E-state index >= 15 is 0 Å². The summed E-state index contributed by atoms with van der Waals surface area (Å²) in [6.45, 7) is 0.879. The number of hydrogen-bond donors (Lipinski definition) is 1. The molecule has 2 nitrogen and oxygen atoms in total. The van der Waals surface area contributed by atoms with Crippen LogP contribution in [0.5, 0.6) is 0 Å². The molecule has 0 aliphatic carbocycles. The van der Waals surface area contributed by atoms with Crippen molar-refractivity contribution in [3.8, 4) is 0 Å². The van der Waals surface area contributed by atoms with Gasteiger partial charge in [0, 0.05) is 12.6 Å². The Bertz CT molecular complexity index is 289. The Morgan fingerprint density at radius 2 is 2.07 bits per heavy atom. The fourth-order valence-electron chi connectivity index (χ4n) is 2.08. The van der Waals surface area contributed by atoms with Crippen molar-refractivity contribution in [3.05, 3.63) is 35.9 Å². The molecule has 2 rings (SSSR count). The summed E-state index contributed by atoms with van der Waals surface area (Å²) < 4.78 is 0. The molecule has 0 spiro atoms. The molecule has 14 heavy (non-hydrogen) atoms. The van der Waals surface area contributed by atoms with Gasteiger partial charge in [-0.05, 0) is 18.4 Å². The topological polar surface area (TPSA) is 23.5 Å². The van der Waals surface area contributed by atoms with E-state index in [-0.39, 0.29) is 6.04 Å². The van der Waals surface area contributed by atoms with Gasteiger partial charge in [-0.3, -0.25) is 4.90 Å². The maximum absolute atomic E-state index is 9.38. The highest BCUT2D eigenvalue weighted by atomic mass is 35.5. The number of aliphatic hydroxyl groups excluding tert-OH is 1. The van der Waals surface area contributed by atoms with Crippen LogP contribution in [0.4, 0.5) is 0 Å². The molecule has 1 aliphatic heterocycles. The third kappa shape index (κ3) is 1.92. The first-order chi connectivity index (χ1) is 6.79. The summed E-state index contributed by atoms with van der Waals surface area (Å²) in [5.74, 6) is 0. The van der Waals surface area contributed by atoms with Crippen LogP contribution in [-0.4, -0.2) is 22.2 Å². The average molecular weight is 212 g/mol. The van der Waals surface area contributed by atoms with Crippen molar-refractivity contribution >= 4 is 11.6 Å². The smallest absolute Gasteiger partial charge is 0.185 e. The van der Waals surface area contributed by atoms with Gasteiger partial charge < -0.3 is 5.11 Å². The van der Waals surface area contributed by atoms with E-state index in [0.717, 1.165) is 19.4 Å². The van der Waals surface area contributed by atoms with Crippen LogP contribution in [0.25, 0.3) is 0 Å². The van der Waals surface area contributed by atoms with Gasteiger partial charge in [0.2, 0.25) is 0 Å². The van der Waals surface area contributed by atoms with Crippen molar-refractivity contribution in [1.29, 1.82) is 0 Å². The molecule has 1 saturated heterocycles. The van der Waals surface area contributed by atoms with Crippen molar-refractivity contribution in [2.45, 2.75) is 24.6 Å². The monoisotopic (exact) mass is 211 g/mol. The van der Waals surface area contributed by atoms with Crippen molar-refractivity contribution in [3.63, 3.8) is 0 Å². The van der Waals surface area contributed by atoms with Crippen LogP contribution >= 0.6 is 11.6 Å². The highest BCUT2D eigenvalue weighted by molar-refractivity contribution is 6.19. The summed E-state index contributed by atoms with van der Waals surface area (Å²) in [6.07, 6.45) is 2.18. The molecule has 1 N–H and O–H groups in total. The van der Waals surface area contributed by atoms with Gasteiger partial charge in [0.15, 0.2) is 5.69 Å². The summed E-state index contributed by atoms with van der Waals surface area (Å²) in [5, 5.41) is 9.38. The van der Waals surface area contributed by atoms with E-state index in [1.807, 2.05) is 23.1 Å². The van der Waals surface area contributed by atoms with Crippen molar-refractivity contribution in [2.24, 2.45) is 0 Å². The third-order valence-corrected chi connectivity index (χ3v) is 3.00. The fourth-order valence-corrected chi connectivity index (χ4v) is 2.31. The molecular formula is C11H14ClNO. The molecule has 76 valence electrons. The van der Waals surface area contributed by atoms with E-state index in [0.29, 0.717) is 0 Å². The number of nitrogens with zero attached hydrogens (tertiary/aromatic N) is 1. The third-order valence-electron chi connectivity index (χ3n) is 2.75. The molecule has 1 fully saturated rings. The molecule has 1 aromatic carbocycles. The van der Waals surface area contributed by atoms with Gasteiger partial charge in [0.25, 0.3) is 0 Å². The standard InChI is InChI=1S/C11H14ClNO/c12-11(14)13-8-4-7-10(13)9-5-2-1-3-6-9/h1-3,5-6,10-11,14H,4,7-8H2. The van der Waals surface area contributed by atoms with E-state index in [1.165, 1.54) is 5.56 Å². The van der Waals surface area contributed by atoms with Crippen molar-refractivity contribution in [2.75, 3.05) is 6.54 Å². The predicted molar refractivity (Wildman–Crippen MR) is 57.0 cm³/mol. The normalized spacial score (nSPS) is 25.1. The Balaban J connectivity index is 2.18. The summed E-state index contributed by atoms with van der Waals surface area (Å²) in [6, 6.07) is 10.5. The zero-order valence-corrected chi connectivity index (χ0v) is 8.69. The zero-order valence-electron chi connectivity index (χ0n) is 7.94. The summed E-state index contributed by atoms with van der Waals surface area (Å²) in [7, 11) is 0. The highest BCUT2D eigenvalue weighted by Gasteiger charge is 2.29. The number of likely N-dealkylation sites (tertiary alicyclic amines) is 1. The van der Waals surface area contributed by atoms with Crippen molar-refractivity contribution < 1.29 is 5.11 Å². The Hall–Kier alpha value is -0.570. The van der Waals surface area contributed by atoms with E-state index in [9.17, 15) is 5.11 Å². The Labute approximate surface area is 89.1 Å². The van der Waals surface area contributed by atoms with Gasteiger partial charge in [-0.2, -0.15) is 0 Å². The minimum Gasteiger partial charge on any atom is -0.365 e. The van der Waals surface area contributed by atoms with Gasteiger partial charge in [0.1, 0.15) is 0 Å². The van der Waals surface area contributed by atoms with Crippen LogP contribution in [0.2, 0.25) is 0 Å².